The lowest BCUT2D eigenvalue weighted by Gasteiger charge is -2.07. The lowest BCUT2D eigenvalue weighted by atomic mass is 10.1. The molecule has 0 aliphatic rings. The number of anilines is 2. The molecule has 0 aliphatic heterocycles. The second-order valence-corrected chi connectivity index (χ2v) is 3.78. The molecule has 5 nitrogen and oxygen atoms in total. The predicted molar refractivity (Wildman–Crippen MR) is 66.2 cm³/mol. The van der Waals surface area contributed by atoms with Gasteiger partial charge in [-0.3, -0.25) is 0 Å². The molecule has 92 valence electrons. The van der Waals surface area contributed by atoms with Crippen molar-refractivity contribution in [3.8, 4) is 12.1 Å². The molecule has 7 heteroatoms. The molecule has 2 rings (SSSR count). The third kappa shape index (κ3) is 2.76. The molecular weight excluding hydrogens is 269 g/mol. The number of hydrogen-bond acceptors (Lipinski definition) is 5. The van der Waals surface area contributed by atoms with Gasteiger partial charge in [-0.1, -0.05) is 0 Å². The summed E-state index contributed by atoms with van der Waals surface area (Å²) in [5, 5.41) is 20.2. The van der Waals surface area contributed by atoms with Crippen LogP contribution < -0.4 is 5.32 Å². The Morgan fingerprint density at radius 2 is 1.95 bits per heavy atom. The van der Waals surface area contributed by atoms with Gasteiger partial charge in [0.2, 0.25) is 5.28 Å². The first kappa shape index (κ1) is 12.7. The molecule has 1 aromatic carbocycles. The Morgan fingerprint density at radius 1 is 1.21 bits per heavy atom. The molecule has 1 heterocycles. The molecule has 1 aromatic heterocycles. The van der Waals surface area contributed by atoms with E-state index in [-0.39, 0.29) is 22.2 Å². The van der Waals surface area contributed by atoms with E-state index in [0.717, 1.165) is 6.20 Å². The molecule has 0 spiro atoms. The zero-order valence-corrected chi connectivity index (χ0v) is 10.1. The second-order valence-electron chi connectivity index (χ2n) is 3.44. The highest BCUT2D eigenvalue weighted by molar-refractivity contribution is 6.28. The van der Waals surface area contributed by atoms with Crippen LogP contribution in [0.4, 0.5) is 15.9 Å². The Hall–Kier alpha value is -2.70. The van der Waals surface area contributed by atoms with Crippen LogP contribution in [0.3, 0.4) is 0 Å². The van der Waals surface area contributed by atoms with Crippen LogP contribution in [-0.2, 0) is 0 Å². The van der Waals surface area contributed by atoms with Gasteiger partial charge in [0.25, 0.3) is 0 Å². The maximum Gasteiger partial charge on any atom is 0.224 e. The summed E-state index contributed by atoms with van der Waals surface area (Å²) in [5.74, 6) is -0.777. The molecule has 0 saturated carbocycles. The molecule has 19 heavy (non-hydrogen) atoms. The number of hydrogen-bond donors (Lipinski definition) is 1. The SMILES string of the molecule is N#Cc1ccc(Nc2nc(Cl)ncc2F)cc1C#N. The smallest absolute Gasteiger partial charge is 0.224 e. The van der Waals surface area contributed by atoms with E-state index in [4.69, 9.17) is 22.1 Å². The Bertz CT molecular complexity index is 717. The number of benzene rings is 1. The van der Waals surface area contributed by atoms with E-state index in [1.54, 1.807) is 0 Å². The molecule has 0 radical (unpaired) electrons. The van der Waals surface area contributed by atoms with E-state index in [1.807, 2.05) is 12.1 Å². The first-order valence-electron chi connectivity index (χ1n) is 5.03. The molecule has 0 fully saturated rings. The molecular formula is C12H5ClFN5. The molecule has 1 N–H and O–H groups in total. The number of nitrogens with zero attached hydrogens (tertiary/aromatic N) is 4. The number of nitriles is 2. The first-order chi connectivity index (χ1) is 9.13. The van der Waals surface area contributed by atoms with Crippen molar-refractivity contribution in [2.45, 2.75) is 0 Å². The normalized spacial score (nSPS) is 9.47. The maximum atomic E-state index is 13.4. The zero-order valence-electron chi connectivity index (χ0n) is 9.35. The van der Waals surface area contributed by atoms with Crippen molar-refractivity contribution in [1.29, 1.82) is 10.5 Å². The first-order valence-corrected chi connectivity index (χ1v) is 5.41. The number of halogens is 2. The van der Waals surface area contributed by atoms with Crippen LogP contribution in [0.1, 0.15) is 11.1 Å². The Labute approximate surface area is 112 Å². The molecule has 0 bridgehead atoms. The number of nitrogens with one attached hydrogen (secondary N) is 1. The molecule has 0 aliphatic carbocycles. The fourth-order valence-corrected chi connectivity index (χ4v) is 1.52. The van der Waals surface area contributed by atoms with E-state index >= 15 is 0 Å². The largest absolute Gasteiger partial charge is 0.338 e. The van der Waals surface area contributed by atoms with E-state index in [2.05, 4.69) is 15.3 Å². The highest BCUT2D eigenvalue weighted by atomic mass is 35.5. The van der Waals surface area contributed by atoms with E-state index in [9.17, 15) is 4.39 Å². The molecule has 2 aromatic rings. The fourth-order valence-electron chi connectivity index (χ4n) is 1.38. The Balaban J connectivity index is 2.37. The average molecular weight is 274 g/mol. The summed E-state index contributed by atoms with van der Waals surface area (Å²) in [6.45, 7) is 0. The Kier molecular flexibility index (Phi) is 3.56. The minimum Gasteiger partial charge on any atom is -0.338 e. The molecule has 0 atom stereocenters. The standard InChI is InChI=1S/C12H5ClFN5/c13-12-17-6-10(14)11(19-12)18-9-2-1-7(4-15)8(3-9)5-16/h1-3,6H,(H,17,18,19). The van der Waals surface area contributed by atoms with Crippen LogP contribution in [0.25, 0.3) is 0 Å². The van der Waals surface area contributed by atoms with Crippen molar-refractivity contribution in [2.75, 3.05) is 5.32 Å². The van der Waals surface area contributed by atoms with E-state index in [0.29, 0.717) is 5.69 Å². The Morgan fingerprint density at radius 3 is 2.63 bits per heavy atom. The van der Waals surface area contributed by atoms with E-state index < -0.39 is 5.82 Å². The summed E-state index contributed by atoms with van der Waals surface area (Å²) in [4.78, 5) is 7.17. The minimum atomic E-state index is -0.674. The quantitative estimate of drug-likeness (QED) is 0.850. The molecule has 0 saturated heterocycles. The highest BCUT2D eigenvalue weighted by Gasteiger charge is 2.08. The van der Waals surface area contributed by atoms with Gasteiger partial charge in [-0.05, 0) is 29.8 Å². The van der Waals surface area contributed by atoms with Gasteiger partial charge in [-0.2, -0.15) is 15.5 Å². The summed E-state index contributed by atoms with van der Waals surface area (Å²) >= 11 is 5.56. The predicted octanol–water partition coefficient (Wildman–Crippen LogP) is 2.76. The monoisotopic (exact) mass is 273 g/mol. The van der Waals surface area contributed by atoms with Gasteiger partial charge in [0.05, 0.1) is 17.3 Å². The lowest BCUT2D eigenvalue weighted by molar-refractivity contribution is 0.619. The van der Waals surface area contributed by atoms with Crippen molar-refractivity contribution in [2.24, 2.45) is 0 Å². The second kappa shape index (κ2) is 5.30. The topological polar surface area (TPSA) is 85.4 Å². The van der Waals surface area contributed by atoms with Gasteiger partial charge in [0, 0.05) is 5.69 Å². The molecule has 0 unspecified atom stereocenters. The van der Waals surface area contributed by atoms with Gasteiger partial charge in [0.15, 0.2) is 11.6 Å². The van der Waals surface area contributed by atoms with Crippen LogP contribution >= 0.6 is 11.6 Å². The summed E-state index contributed by atoms with van der Waals surface area (Å²) in [6.07, 6.45) is 0.937. The third-order valence-electron chi connectivity index (χ3n) is 2.24. The van der Waals surface area contributed by atoms with Gasteiger partial charge < -0.3 is 5.32 Å². The lowest BCUT2D eigenvalue weighted by Crippen LogP contribution is -1.99. The van der Waals surface area contributed by atoms with Crippen LogP contribution in [0.5, 0.6) is 0 Å². The van der Waals surface area contributed by atoms with Crippen molar-refractivity contribution in [3.63, 3.8) is 0 Å². The minimum absolute atomic E-state index is 0.0990. The van der Waals surface area contributed by atoms with Crippen molar-refractivity contribution >= 4 is 23.1 Å². The van der Waals surface area contributed by atoms with Crippen molar-refractivity contribution < 1.29 is 4.39 Å². The van der Waals surface area contributed by atoms with Crippen LogP contribution in [0, 0.1) is 28.5 Å². The van der Waals surface area contributed by atoms with Crippen LogP contribution in [0.2, 0.25) is 5.28 Å². The number of aromatic nitrogens is 2. The number of rotatable bonds is 2. The average Bonchev–Trinajstić information content (AvgIpc) is 2.42. The summed E-state index contributed by atoms with van der Waals surface area (Å²) in [6, 6.07) is 8.19. The van der Waals surface area contributed by atoms with Gasteiger partial charge in [-0.15, -0.1) is 0 Å². The summed E-state index contributed by atoms with van der Waals surface area (Å²) in [5.41, 5.74) is 0.853. The van der Waals surface area contributed by atoms with Crippen molar-refractivity contribution in [3.05, 3.63) is 46.6 Å². The summed E-state index contributed by atoms with van der Waals surface area (Å²) < 4.78 is 13.4. The van der Waals surface area contributed by atoms with Crippen LogP contribution in [-0.4, -0.2) is 9.97 Å². The van der Waals surface area contributed by atoms with Crippen molar-refractivity contribution in [1.82, 2.24) is 9.97 Å². The third-order valence-corrected chi connectivity index (χ3v) is 2.42. The maximum absolute atomic E-state index is 13.4. The molecule has 0 amide bonds. The van der Waals surface area contributed by atoms with Gasteiger partial charge in [-0.25, -0.2) is 9.37 Å². The van der Waals surface area contributed by atoms with E-state index in [1.165, 1.54) is 18.2 Å². The highest BCUT2D eigenvalue weighted by Crippen LogP contribution is 2.21. The summed E-state index contributed by atoms with van der Waals surface area (Å²) in [7, 11) is 0. The van der Waals surface area contributed by atoms with Gasteiger partial charge in [0.1, 0.15) is 12.1 Å². The zero-order chi connectivity index (χ0) is 13.8. The van der Waals surface area contributed by atoms with Gasteiger partial charge >= 0.3 is 0 Å². The fraction of sp³-hybridized carbons (Fsp3) is 0. The van der Waals surface area contributed by atoms with Crippen LogP contribution in [0.15, 0.2) is 24.4 Å².